The molecule has 0 N–H and O–H groups in total. The van der Waals surface area contributed by atoms with E-state index in [1.54, 1.807) is 0 Å². The van der Waals surface area contributed by atoms with Gasteiger partial charge in [-0.15, -0.1) is 0 Å². The first-order valence-corrected chi connectivity index (χ1v) is 5.90. The highest BCUT2D eigenvalue weighted by atomic mass is 16.1. The molecule has 0 aromatic heterocycles. The van der Waals surface area contributed by atoms with Crippen LogP contribution < -0.4 is 0 Å². The van der Waals surface area contributed by atoms with Crippen molar-refractivity contribution in [3.63, 3.8) is 0 Å². The summed E-state index contributed by atoms with van der Waals surface area (Å²) in [5.74, 6) is 0. The van der Waals surface area contributed by atoms with Gasteiger partial charge in [-0.25, -0.2) is 0 Å². The molecule has 2 heteroatoms. The average Bonchev–Trinajstić information content (AvgIpc) is 2.20. The van der Waals surface area contributed by atoms with Crippen LogP contribution in [0.25, 0.3) is 0 Å². The Morgan fingerprint density at radius 3 is 2.57 bits per heavy atom. The highest BCUT2D eigenvalue weighted by Gasteiger charge is 2.03. The van der Waals surface area contributed by atoms with Crippen LogP contribution in [-0.4, -0.2) is 13.0 Å². The molecule has 0 unspecified atom stereocenters. The van der Waals surface area contributed by atoms with Crippen molar-refractivity contribution in [2.24, 2.45) is 0 Å². The third-order valence-corrected chi connectivity index (χ3v) is 2.67. The van der Waals surface area contributed by atoms with Crippen molar-refractivity contribution >= 4 is 13.0 Å². The van der Waals surface area contributed by atoms with E-state index in [1.807, 2.05) is 7.28 Å². The van der Waals surface area contributed by atoms with E-state index in [0.29, 0.717) is 5.68 Å². The summed E-state index contributed by atoms with van der Waals surface area (Å²) < 4.78 is 0. The van der Waals surface area contributed by atoms with Gasteiger partial charge in [-0.1, -0.05) is 37.7 Å². The summed E-state index contributed by atoms with van der Waals surface area (Å²) in [6.45, 7) is 0. The summed E-state index contributed by atoms with van der Waals surface area (Å²) in [6, 6.07) is 0. The molecule has 1 rings (SSSR count). The molecule has 0 bridgehead atoms. The van der Waals surface area contributed by atoms with Crippen LogP contribution in [0.3, 0.4) is 0 Å². The van der Waals surface area contributed by atoms with Gasteiger partial charge in [0.25, 0.3) is 0 Å². The molecule has 77 valence electrons. The Kier molecular flexibility index (Phi) is 6.47. The number of carbonyl (C=O) groups excluding carboxylic acids is 1. The Morgan fingerprint density at radius 2 is 1.64 bits per heavy atom. The molecular weight excluding hydrogens is 171 g/mol. The summed E-state index contributed by atoms with van der Waals surface area (Å²) >= 11 is 0. The second-order valence-electron chi connectivity index (χ2n) is 4.03. The van der Waals surface area contributed by atoms with Crippen LogP contribution in [0, 0.1) is 0 Å². The highest BCUT2D eigenvalue weighted by molar-refractivity contribution is 6.73. The van der Waals surface area contributed by atoms with E-state index in [0.717, 1.165) is 25.6 Å². The molecule has 1 radical (unpaired) electrons. The predicted molar refractivity (Wildman–Crippen MR) is 61.6 cm³/mol. The average molecular weight is 191 g/mol. The molecular formula is C12H20BO. The molecule has 0 spiro atoms. The van der Waals surface area contributed by atoms with E-state index in [4.69, 9.17) is 0 Å². The third-order valence-electron chi connectivity index (χ3n) is 2.67. The number of allylic oxidation sites excluding steroid dienone is 2. The Labute approximate surface area is 88.2 Å². The van der Waals surface area contributed by atoms with E-state index in [9.17, 15) is 4.79 Å². The van der Waals surface area contributed by atoms with Gasteiger partial charge in [-0.3, -0.25) is 0 Å². The number of carbonyl (C=O) groups is 1. The molecule has 0 aliphatic carbocycles. The van der Waals surface area contributed by atoms with Gasteiger partial charge in [0.15, 0.2) is 0 Å². The molecule has 14 heavy (non-hydrogen) atoms. The van der Waals surface area contributed by atoms with Crippen molar-refractivity contribution in [3.05, 3.63) is 12.2 Å². The van der Waals surface area contributed by atoms with Crippen LogP contribution in [0.1, 0.15) is 51.4 Å². The van der Waals surface area contributed by atoms with Crippen molar-refractivity contribution in [3.8, 4) is 0 Å². The van der Waals surface area contributed by atoms with Gasteiger partial charge in [0, 0.05) is 0 Å². The molecule has 0 amide bonds. The second kappa shape index (κ2) is 7.84. The lowest BCUT2D eigenvalue weighted by Crippen LogP contribution is -2.07. The third kappa shape index (κ3) is 6.01. The number of hydrogen-bond donors (Lipinski definition) is 0. The minimum atomic E-state index is 0.345. The van der Waals surface area contributed by atoms with Gasteiger partial charge in [-0.05, 0) is 32.1 Å². The van der Waals surface area contributed by atoms with E-state index >= 15 is 0 Å². The van der Waals surface area contributed by atoms with E-state index < -0.39 is 0 Å². The van der Waals surface area contributed by atoms with E-state index in [-0.39, 0.29) is 0 Å². The van der Waals surface area contributed by atoms with Crippen LogP contribution in [0.5, 0.6) is 0 Å². The second-order valence-corrected chi connectivity index (χ2v) is 4.03. The smallest absolute Gasteiger partial charge is 0.202 e. The SMILES string of the molecule is O=C1[B]CCC=CCCCCCCC1. The lowest BCUT2D eigenvalue weighted by Gasteiger charge is -1.99. The summed E-state index contributed by atoms with van der Waals surface area (Å²) in [5.41, 5.74) is 0.345. The maximum absolute atomic E-state index is 11.3. The molecule has 1 nitrogen and oxygen atoms in total. The summed E-state index contributed by atoms with van der Waals surface area (Å²) in [6.07, 6.45) is 14.7. The largest absolute Gasteiger partial charge is 0.312 e. The van der Waals surface area contributed by atoms with Crippen LogP contribution in [-0.2, 0) is 4.79 Å². The first-order valence-electron chi connectivity index (χ1n) is 5.90. The van der Waals surface area contributed by atoms with Crippen molar-refractivity contribution in [2.75, 3.05) is 0 Å². The zero-order valence-corrected chi connectivity index (χ0v) is 9.00. The summed E-state index contributed by atoms with van der Waals surface area (Å²) in [5, 5.41) is 0. The molecule has 0 fully saturated rings. The summed E-state index contributed by atoms with van der Waals surface area (Å²) in [4.78, 5) is 11.3. The Morgan fingerprint density at radius 1 is 0.929 bits per heavy atom. The van der Waals surface area contributed by atoms with E-state index in [1.165, 1.54) is 32.1 Å². The van der Waals surface area contributed by atoms with Crippen molar-refractivity contribution < 1.29 is 4.79 Å². The first kappa shape index (κ1) is 11.5. The molecule has 0 aromatic carbocycles. The molecule has 0 saturated carbocycles. The minimum absolute atomic E-state index is 0.345. The first-order chi connectivity index (χ1) is 6.89. The maximum atomic E-state index is 11.3. The topological polar surface area (TPSA) is 17.1 Å². The quantitative estimate of drug-likeness (QED) is 0.424. The lowest BCUT2D eigenvalue weighted by molar-refractivity contribution is -0.112. The monoisotopic (exact) mass is 191 g/mol. The molecule has 1 aliphatic rings. The highest BCUT2D eigenvalue weighted by Crippen LogP contribution is 2.09. The standard InChI is InChI=1S/C12H20BO/c14-12-10-8-6-4-2-1-3-5-7-9-11-13-12/h5,7H,1-4,6,8-11H2. The fraction of sp³-hybridized carbons (Fsp3) is 0.750. The fourth-order valence-corrected chi connectivity index (χ4v) is 1.77. The van der Waals surface area contributed by atoms with E-state index in [2.05, 4.69) is 12.2 Å². The lowest BCUT2D eigenvalue weighted by atomic mass is 9.67. The molecule has 0 saturated heterocycles. The maximum Gasteiger partial charge on any atom is 0.202 e. The zero-order chi connectivity index (χ0) is 10.1. The predicted octanol–water partition coefficient (Wildman–Crippen LogP) is 3.33. The van der Waals surface area contributed by atoms with Crippen LogP contribution in [0.2, 0.25) is 6.32 Å². The fourth-order valence-electron chi connectivity index (χ4n) is 1.77. The van der Waals surface area contributed by atoms with Crippen molar-refractivity contribution in [2.45, 2.75) is 57.7 Å². The van der Waals surface area contributed by atoms with Crippen molar-refractivity contribution in [1.82, 2.24) is 0 Å². The minimum Gasteiger partial charge on any atom is -0.312 e. The van der Waals surface area contributed by atoms with Gasteiger partial charge in [0.1, 0.15) is 0 Å². The number of rotatable bonds is 0. The Hall–Kier alpha value is -0.525. The van der Waals surface area contributed by atoms with Gasteiger partial charge >= 0.3 is 0 Å². The Bertz CT molecular complexity index is 187. The van der Waals surface area contributed by atoms with Crippen LogP contribution in [0.15, 0.2) is 12.2 Å². The molecule has 0 aromatic rings. The van der Waals surface area contributed by atoms with Crippen LogP contribution in [0.4, 0.5) is 0 Å². The summed E-state index contributed by atoms with van der Waals surface area (Å²) in [7, 11) is 1.86. The van der Waals surface area contributed by atoms with Gasteiger partial charge in [-0.2, -0.15) is 0 Å². The molecule has 0 atom stereocenters. The Balaban J connectivity index is 2.23. The van der Waals surface area contributed by atoms with Gasteiger partial charge < -0.3 is 4.79 Å². The van der Waals surface area contributed by atoms with Gasteiger partial charge in [0.05, 0.1) is 5.68 Å². The zero-order valence-electron chi connectivity index (χ0n) is 9.00. The van der Waals surface area contributed by atoms with Crippen molar-refractivity contribution in [1.29, 1.82) is 0 Å². The normalized spacial score (nSPS) is 21.6. The van der Waals surface area contributed by atoms with Gasteiger partial charge in [0.2, 0.25) is 7.28 Å². The molecule has 1 aliphatic heterocycles. The van der Waals surface area contributed by atoms with Crippen LogP contribution >= 0.6 is 0 Å². The number of hydrogen-bond acceptors (Lipinski definition) is 1. The molecule has 1 heterocycles.